The molecule has 2 aliphatic rings. The van der Waals surface area contributed by atoms with Gasteiger partial charge in [-0.2, -0.15) is 0 Å². The van der Waals surface area contributed by atoms with E-state index in [1.165, 1.54) is 0 Å². The Bertz CT molecular complexity index is 166. The number of aliphatic hydroxyl groups is 2. The van der Waals surface area contributed by atoms with Crippen LogP contribution < -0.4 is 0 Å². The minimum absolute atomic E-state index is 0.0559. The Morgan fingerprint density at radius 2 is 1.21 bits per heavy atom. The van der Waals surface area contributed by atoms with Gasteiger partial charge in [-0.3, -0.25) is 0 Å². The van der Waals surface area contributed by atoms with Crippen molar-refractivity contribution in [3.8, 4) is 0 Å². The van der Waals surface area contributed by atoms with Crippen molar-refractivity contribution in [3.63, 3.8) is 0 Å². The van der Waals surface area contributed by atoms with E-state index < -0.39 is 12.2 Å². The second-order valence-electron chi connectivity index (χ2n) is 4.37. The molecule has 4 heteroatoms. The number of hydrogen-bond donors (Lipinski definition) is 2. The number of aliphatic hydroxyl groups excluding tert-OH is 2. The lowest BCUT2D eigenvalue weighted by Crippen LogP contribution is -2.26. The monoisotopic (exact) mass is 202 g/mol. The van der Waals surface area contributed by atoms with Crippen LogP contribution in [0, 0.1) is 0 Å². The zero-order valence-corrected chi connectivity index (χ0v) is 8.59. The summed E-state index contributed by atoms with van der Waals surface area (Å²) in [4.78, 5) is 0. The summed E-state index contributed by atoms with van der Waals surface area (Å²) in [5.74, 6) is 0. The Morgan fingerprint density at radius 3 is 1.43 bits per heavy atom. The fourth-order valence-electron chi connectivity index (χ4n) is 2.18. The molecule has 4 nitrogen and oxygen atoms in total. The highest BCUT2D eigenvalue weighted by Crippen LogP contribution is 2.31. The molecule has 2 saturated heterocycles. The Hall–Kier alpha value is -0.160. The minimum atomic E-state index is -0.392. The van der Waals surface area contributed by atoms with Crippen molar-refractivity contribution in [2.75, 3.05) is 0 Å². The number of rotatable bonds is 1. The predicted molar refractivity (Wildman–Crippen MR) is 49.9 cm³/mol. The van der Waals surface area contributed by atoms with Crippen LogP contribution in [0.4, 0.5) is 0 Å². The normalized spacial score (nSPS) is 54.0. The molecule has 2 heterocycles. The van der Waals surface area contributed by atoms with Gasteiger partial charge in [0.05, 0.1) is 36.6 Å². The SMILES string of the molecule is C[C@@H]1O[C@@H]([C@H]2C[C@H](O)[C@H](C)O2)C[C@@H]1O. The molecule has 0 aromatic heterocycles. The average molecular weight is 202 g/mol. The summed E-state index contributed by atoms with van der Waals surface area (Å²) in [5, 5.41) is 19.0. The van der Waals surface area contributed by atoms with E-state index in [1.807, 2.05) is 13.8 Å². The third-order valence-corrected chi connectivity index (χ3v) is 3.22. The Labute approximate surface area is 83.8 Å². The molecule has 2 fully saturated rings. The maximum Gasteiger partial charge on any atom is 0.0868 e. The van der Waals surface area contributed by atoms with Crippen molar-refractivity contribution in [3.05, 3.63) is 0 Å². The second kappa shape index (κ2) is 3.77. The number of ether oxygens (including phenoxy) is 2. The van der Waals surface area contributed by atoms with Crippen LogP contribution in [-0.2, 0) is 9.47 Å². The first-order chi connectivity index (χ1) is 6.58. The van der Waals surface area contributed by atoms with E-state index in [-0.39, 0.29) is 24.4 Å². The molecule has 0 aliphatic carbocycles. The van der Waals surface area contributed by atoms with Crippen LogP contribution in [0.5, 0.6) is 0 Å². The molecule has 0 amide bonds. The van der Waals surface area contributed by atoms with Gasteiger partial charge in [0.1, 0.15) is 0 Å². The summed E-state index contributed by atoms with van der Waals surface area (Å²) < 4.78 is 11.1. The molecular formula is C10H18O4. The highest BCUT2D eigenvalue weighted by atomic mass is 16.6. The van der Waals surface area contributed by atoms with Crippen molar-refractivity contribution in [2.45, 2.75) is 63.3 Å². The number of hydrogen-bond acceptors (Lipinski definition) is 4. The molecule has 0 unspecified atom stereocenters. The van der Waals surface area contributed by atoms with E-state index in [9.17, 15) is 10.2 Å². The van der Waals surface area contributed by atoms with E-state index in [4.69, 9.17) is 9.47 Å². The quantitative estimate of drug-likeness (QED) is 0.631. The maximum absolute atomic E-state index is 9.52. The molecule has 6 atom stereocenters. The zero-order chi connectivity index (χ0) is 10.3. The Kier molecular flexibility index (Phi) is 2.79. The molecule has 2 N–H and O–H groups in total. The van der Waals surface area contributed by atoms with Gasteiger partial charge in [0.25, 0.3) is 0 Å². The summed E-state index contributed by atoms with van der Waals surface area (Å²) >= 11 is 0. The third-order valence-electron chi connectivity index (χ3n) is 3.22. The summed E-state index contributed by atoms with van der Waals surface area (Å²) in [7, 11) is 0. The molecule has 0 aromatic rings. The largest absolute Gasteiger partial charge is 0.390 e. The lowest BCUT2D eigenvalue weighted by molar-refractivity contribution is -0.0652. The molecule has 2 aliphatic heterocycles. The third kappa shape index (κ3) is 1.80. The van der Waals surface area contributed by atoms with E-state index in [0.717, 1.165) is 0 Å². The van der Waals surface area contributed by atoms with Gasteiger partial charge in [0.15, 0.2) is 0 Å². The highest BCUT2D eigenvalue weighted by Gasteiger charge is 2.42. The van der Waals surface area contributed by atoms with Gasteiger partial charge in [-0.05, 0) is 13.8 Å². The molecule has 0 bridgehead atoms. The first-order valence-electron chi connectivity index (χ1n) is 5.25. The van der Waals surface area contributed by atoms with Gasteiger partial charge in [0.2, 0.25) is 0 Å². The molecule has 0 radical (unpaired) electrons. The first-order valence-corrected chi connectivity index (χ1v) is 5.25. The molecular weight excluding hydrogens is 184 g/mol. The lowest BCUT2D eigenvalue weighted by Gasteiger charge is -2.17. The van der Waals surface area contributed by atoms with Crippen LogP contribution >= 0.6 is 0 Å². The van der Waals surface area contributed by atoms with Gasteiger partial charge in [0, 0.05) is 12.8 Å². The summed E-state index contributed by atoms with van der Waals surface area (Å²) in [6.45, 7) is 3.72. The predicted octanol–water partition coefficient (Wildman–Crippen LogP) is 0.0630. The van der Waals surface area contributed by atoms with E-state index >= 15 is 0 Å². The molecule has 0 saturated carbocycles. The topological polar surface area (TPSA) is 58.9 Å². The molecule has 2 rings (SSSR count). The molecule has 14 heavy (non-hydrogen) atoms. The van der Waals surface area contributed by atoms with Gasteiger partial charge in [-0.1, -0.05) is 0 Å². The van der Waals surface area contributed by atoms with Crippen LogP contribution in [0.3, 0.4) is 0 Å². The van der Waals surface area contributed by atoms with E-state index in [1.54, 1.807) is 0 Å². The van der Waals surface area contributed by atoms with Gasteiger partial charge >= 0.3 is 0 Å². The van der Waals surface area contributed by atoms with E-state index in [0.29, 0.717) is 12.8 Å². The maximum atomic E-state index is 9.52. The second-order valence-corrected chi connectivity index (χ2v) is 4.37. The zero-order valence-electron chi connectivity index (χ0n) is 8.59. The average Bonchev–Trinajstić information content (AvgIpc) is 2.60. The highest BCUT2D eigenvalue weighted by molar-refractivity contribution is 4.90. The van der Waals surface area contributed by atoms with E-state index in [2.05, 4.69) is 0 Å². The minimum Gasteiger partial charge on any atom is -0.390 e. The Morgan fingerprint density at radius 1 is 0.857 bits per heavy atom. The van der Waals surface area contributed by atoms with Crippen molar-refractivity contribution in [1.82, 2.24) is 0 Å². The summed E-state index contributed by atoms with van der Waals surface area (Å²) in [6, 6.07) is 0. The molecule has 0 aromatic carbocycles. The van der Waals surface area contributed by atoms with Crippen LogP contribution in [0.25, 0.3) is 0 Å². The lowest BCUT2D eigenvalue weighted by atomic mass is 10.0. The standard InChI is InChI=1S/C10H18O4/c1-5-7(11)3-9(13-5)10-4-8(12)6(2)14-10/h5-12H,3-4H2,1-2H3/t5-,6-,7-,8-,9+,10+/m0/s1. The fraction of sp³-hybridized carbons (Fsp3) is 1.00. The van der Waals surface area contributed by atoms with Crippen molar-refractivity contribution in [1.29, 1.82) is 0 Å². The van der Waals surface area contributed by atoms with Crippen LogP contribution in [0.2, 0.25) is 0 Å². The van der Waals surface area contributed by atoms with Crippen molar-refractivity contribution < 1.29 is 19.7 Å². The molecule has 0 spiro atoms. The van der Waals surface area contributed by atoms with Gasteiger partial charge in [-0.25, -0.2) is 0 Å². The summed E-state index contributed by atoms with van der Waals surface area (Å²) in [5.41, 5.74) is 0. The van der Waals surface area contributed by atoms with Crippen LogP contribution in [-0.4, -0.2) is 46.8 Å². The smallest absolute Gasteiger partial charge is 0.0868 e. The first kappa shape index (κ1) is 10.4. The van der Waals surface area contributed by atoms with Gasteiger partial charge in [-0.15, -0.1) is 0 Å². The fourth-order valence-corrected chi connectivity index (χ4v) is 2.18. The Balaban J connectivity index is 1.92. The van der Waals surface area contributed by atoms with Gasteiger partial charge < -0.3 is 19.7 Å². The summed E-state index contributed by atoms with van der Waals surface area (Å²) in [6.07, 6.45) is 0.108. The van der Waals surface area contributed by atoms with Crippen molar-refractivity contribution >= 4 is 0 Å². The van der Waals surface area contributed by atoms with Crippen LogP contribution in [0.1, 0.15) is 26.7 Å². The van der Waals surface area contributed by atoms with Crippen molar-refractivity contribution in [2.24, 2.45) is 0 Å². The molecule has 82 valence electrons. The van der Waals surface area contributed by atoms with Crippen LogP contribution in [0.15, 0.2) is 0 Å².